The van der Waals surface area contributed by atoms with Gasteiger partial charge in [-0.1, -0.05) is 0 Å². The zero-order chi connectivity index (χ0) is 32.1. The van der Waals surface area contributed by atoms with E-state index in [-0.39, 0.29) is 29.5 Å². The number of rotatable bonds is 6. The van der Waals surface area contributed by atoms with Gasteiger partial charge in [0.15, 0.2) is 29.2 Å². The smallest absolute Gasteiger partial charge is 0.337 e. The number of aliphatic carboxylic acids is 1. The molecule has 2 heterocycles. The fourth-order valence-corrected chi connectivity index (χ4v) is 6.56. The molecule has 1 atom stereocenters. The predicted octanol–water partition coefficient (Wildman–Crippen LogP) is 7.03. The fraction of sp³-hybridized carbons (Fsp3) is 0.429. The highest BCUT2D eigenvalue weighted by atomic mass is 19.1. The monoisotopic (exact) mass is 607 g/mol. The number of nitrogens with zero attached hydrogens (tertiary/aromatic N) is 1. The number of amides is 1. The molecule has 5 rings (SSSR count). The Hall–Kier alpha value is -3.98. The fourth-order valence-electron chi connectivity index (χ4n) is 6.56. The molecule has 7 nitrogen and oxygen atoms in total. The lowest BCUT2D eigenvalue weighted by molar-refractivity contribution is -0.160. The van der Waals surface area contributed by atoms with Gasteiger partial charge in [0.2, 0.25) is 0 Å². The molecule has 0 radical (unpaired) electrons. The number of methoxy groups -OCH3 is 1. The zero-order valence-electron chi connectivity index (χ0n) is 26.3. The Bertz CT molecular complexity index is 1660. The van der Waals surface area contributed by atoms with E-state index in [9.17, 15) is 19.1 Å². The number of halogens is 2. The van der Waals surface area contributed by atoms with Crippen molar-refractivity contribution in [1.29, 1.82) is 0 Å². The van der Waals surface area contributed by atoms with Gasteiger partial charge in [0.05, 0.1) is 19.3 Å². The van der Waals surface area contributed by atoms with E-state index < -0.39 is 29.3 Å². The van der Waals surface area contributed by atoms with Gasteiger partial charge in [-0.25, -0.2) is 13.6 Å². The topological polar surface area (TPSA) is 85.3 Å². The molecule has 2 aliphatic heterocycles. The molecule has 0 fully saturated rings. The highest BCUT2D eigenvalue weighted by Crippen LogP contribution is 2.46. The molecule has 3 aromatic carbocycles. The number of carbonyl (C=O) groups is 2. The summed E-state index contributed by atoms with van der Waals surface area (Å²) in [5.41, 5.74) is 5.97. The van der Waals surface area contributed by atoms with Gasteiger partial charge in [-0.3, -0.25) is 4.79 Å². The molecule has 1 amide bonds. The van der Waals surface area contributed by atoms with E-state index in [1.54, 1.807) is 25.7 Å². The normalized spacial score (nSPS) is 15.2. The van der Waals surface area contributed by atoms with Gasteiger partial charge < -0.3 is 24.2 Å². The highest BCUT2D eigenvalue weighted by molar-refractivity contribution is 5.95. The standard InChI is InChI=1S/C35H39F2NO6/c1-18-23-9-8-14-43-31(23)27(37)16-24(18)29-20(3)25-17-38(33(39)21-10-11-28(42-7)26(36)15-21)13-12-22(25)19(2)30(29)32(34(40)41)44-35(4,5)6/h10-11,15-16,32H,8-9,12-14,17H2,1-7H3,(H,40,41)/t32-/m0/s1. The van der Waals surface area contributed by atoms with E-state index in [4.69, 9.17) is 14.2 Å². The Morgan fingerprint density at radius 1 is 0.977 bits per heavy atom. The van der Waals surface area contributed by atoms with Gasteiger partial charge in [-0.15, -0.1) is 0 Å². The van der Waals surface area contributed by atoms with Crippen LogP contribution in [0, 0.1) is 32.4 Å². The second-order valence-corrected chi connectivity index (χ2v) is 12.6. The highest BCUT2D eigenvalue weighted by Gasteiger charge is 2.36. The molecule has 0 saturated carbocycles. The SMILES string of the molecule is COc1ccc(C(=O)N2CCc3c(C)c([C@H](OC(C)(C)C)C(=O)O)c(-c4cc(F)c5c(c4C)CCCO5)c(C)c3C2)cc1F. The lowest BCUT2D eigenvalue weighted by Crippen LogP contribution is -2.37. The van der Waals surface area contributed by atoms with Gasteiger partial charge >= 0.3 is 5.97 Å². The van der Waals surface area contributed by atoms with Crippen LogP contribution in [0.1, 0.15) is 82.6 Å². The number of fused-ring (bicyclic) bond motifs is 2. The Kier molecular flexibility index (Phi) is 8.46. The van der Waals surface area contributed by atoms with Crippen LogP contribution in [0.5, 0.6) is 11.5 Å². The largest absolute Gasteiger partial charge is 0.494 e. The first-order valence-electron chi connectivity index (χ1n) is 14.9. The molecule has 3 aromatic rings. The summed E-state index contributed by atoms with van der Waals surface area (Å²) in [5, 5.41) is 10.5. The van der Waals surface area contributed by atoms with Gasteiger partial charge in [0.25, 0.3) is 5.91 Å². The molecule has 0 aromatic heterocycles. The molecule has 1 N–H and O–H groups in total. The average Bonchev–Trinajstić information content (AvgIpc) is 2.98. The maximum atomic E-state index is 15.6. The number of carboxylic acids is 1. The van der Waals surface area contributed by atoms with Gasteiger partial charge in [-0.2, -0.15) is 0 Å². The number of ether oxygens (including phenoxy) is 3. The molecule has 0 saturated heterocycles. The predicted molar refractivity (Wildman–Crippen MR) is 162 cm³/mol. The minimum Gasteiger partial charge on any atom is -0.494 e. The van der Waals surface area contributed by atoms with Gasteiger partial charge in [0, 0.05) is 29.8 Å². The quantitative estimate of drug-likeness (QED) is 0.324. The summed E-state index contributed by atoms with van der Waals surface area (Å²) in [6.45, 7) is 12.1. The summed E-state index contributed by atoms with van der Waals surface area (Å²) < 4.78 is 46.9. The second kappa shape index (κ2) is 11.8. The average molecular weight is 608 g/mol. The van der Waals surface area contributed by atoms with Crippen molar-refractivity contribution in [2.75, 3.05) is 20.3 Å². The molecule has 9 heteroatoms. The van der Waals surface area contributed by atoms with Crippen LogP contribution in [0.15, 0.2) is 24.3 Å². The number of hydrogen-bond acceptors (Lipinski definition) is 5. The number of carboxylic acid groups (broad SMARTS) is 1. The van der Waals surface area contributed by atoms with Crippen LogP contribution in [0.25, 0.3) is 11.1 Å². The van der Waals surface area contributed by atoms with Crippen LogP contribution >= 0.6 is 0 Å². The van der Waals surface area contributed by atoms with Crippen LogP contribution in [-0.2, 0) is 28.9 Å². The molecule has 0 unspecified atom stereocenters. The first-order chi connectivity index (χ1) is 20.7. The molecule has 2 aliphatic rings. The van der Waals surface area contributed by atoms with E-state index >= 15 is 4.39 Å². The van der Waals surface area contributed by atoms with Crippen LogP contribution in [0.4, 0.5) is 8.78 Å². The third-order valence-corrected chi connectivity index (χ3v) is 8.65. The van der Waals surface area contributed by atoms with E-state index in [0.717, 1.165) is 39.8 Å². The molecular weight excluding hydrogens is 568 g/mol. The van der Waals surface area contributed by atoms with Gasteiger partial charge in [0.1, 0.15) is 0 Å². The summed E-state index contributed by atoms with van der Waals surface area (Å²) >= 11 is 0. The summed E-state index contributed by atoms with van der Waals surface area (Å²) in [7, 11) is 1.36. The number of carbonyl (C=O) groups excluding carboxylic acids is 1. The van der Waals surface area contributed by atoms with Crippen molar-refractivity contribution in [2.45, 2.75) is 79.1 Å². The molecule has 0 aliphatic carbocycles. The first kappa shape index (κ1) is 31.4. The summed E-state index contributed by atoms with van der Waals surface area (Å²) in [6.07, 6.45) is 0.545. The lowest BCUT2D eigenvalue weighted by Gasteiger charge is -2.36. The van der Waals surface area contributed by atoms with E-state index in [1.807, 2.05) is 20.8 Å². The van der Waals surface area contributed by atoms with E-state index in [2.05, 4.69) is 0 Å². The molecular formula is C35H39F2NO6. The van der Waals surface area contributed by atoms with E-state index in [0.29, 0.717) is 42.7 Å². The second-order valence-electron chi connectivity index (χ2n) is 12.6. The molecule has 44 heavy (non-hydrogen) atoms. The zero-order valence-corrected chi connectivity index (χ0v) is 26.3. The minimum absolute atomic E-state index is 0.0534. The lowest BCUT2D eigenvalue weighted by atomic mass is 9.78. The van der Waals surface area contributed by atoms with Crippen molar-refractivity contribution < 1.29 is 37.7 Å². The van der Waals surface area contributed by atoms with Crippen molar-refractivity contribution in [2.24, 2.45) is 0 Å². The Morgan fingerprint density at radius 2 is 1.70 bits per heavy atom. The molecule has 234 valence electrons. The van der Waals surface area contributed by atoms with Crippen molar-refractivity contribution in [3.63, 3.8) is 0 Å². The van der Waals surface area contributed by atoms with Crippen LogP contribution in [0.2, 0.25) is 0 Å². The molecule has 0 bridgehead atoms. The van der Waals surface area contributed by atoms with Crippen molar-refractivity contribution in [3.05, 3.63) is 80.4 Å². The third kappa shape index (κ3) is 5.65. The minimum atomic E-state index is -1.31. The van der Waals surface area contributed by atoms with Crippen LogP contribution in [0.3, 0.4) is 0 Å². The van der Waals surface area contributed by atoms with E-state index in [1.165, 1.54) is 31.4 Å². The van der Waals surface area contributed by atoms with Crippen LogP contribution < -0.4 is 9.47 Å². The number of hydrogen-bond donors (Lipinski definition) is 1. The van der Waals surface area contributed by atoms with Crippen molar-refractivity contribution in [1.82, 2.24) is 4.90 Å². The van der Waals surface area contributed by atoms with Crippen LogP contribution in [-0.4, -0.2) is 47.7 Å². The van der Waals surface area contributed by atoms with Crippen molar-refractivity contribution in [3.8, 4) is 22.6 Å². The Morgan fingerprint density at radius 3 is 2.34 bits per heavy atom. The Balaban J connectivity index is 1.71. The number of benzene rings is 3. The maximum absolute atomic E-state index is 15.6. The third-order valence-electron chi connectivity index (χ3n) is 8.65. The van der Waals surface area contributed by atoms with Crippen molar-refractivity contribution >= 4 is 11.9 Å². The Labute approximate surface area is 256 Å². The summed E-state index contributed by atoms with van der Waals surface area (Å²) in [5.74, 6) is -2.29. The molecule has 0 spiro atoms. The van der Waals surface area contributed by atoms with Gasteiger partial charge in [-0.05, 0) is 124 Å². The summed E-state index contributed by atoms with van der Waals surface area (Å²) in [6, 6.07) is 5.57. The first-order valence-corrected chi connectivity index (χ1v) is 14.9. The summed E-state index contributed by atoms with van der Waals surface area (Å²) in [4.78, 5) is 28.0. The maximum Gasteiger partial charge on any atom is 0.337 e.